The zero-order valence-corrected chi connectivity index (χ0v) is 11.5. The molecule has 2 aliphatic carbocycles. The normalized spacial score (nSPS) is 47.4. The van der Waals surface area contributed by atoms with Crippen molar-refractivity contribution in [3.63, 3.8) is 0 Å². The molecule has 6 unspecified atom stereocenters. The monoisotopic (exact) mass is 268 g/mol. The van der Waals surface area contributed by atoms with Crippen LogP contribution >= 0.6 is 0 Å². The van der Waals surface area contributed by atoms with Gasteiger partial charge < -0.3 is 18.9 Å². The fourth-order valence-electron chi connectivity index (χ4n) is 3.76. The second kappa shape index (κ2) is 5.32. The van der Waals surface area contributed by atoms with Crippen molar-refractivity contribution in [2.45, 2.75) is 62.9 Å². The van der Waals surface area contributed by atoms with E-state index in [1.54, 1.807) is 0 Å². The van der Waals surface area contributed by atoms with E-state index in [9.17, 15) is 0 Å². The van der Waals surface area contributed by atoms with Gasteiger partial charge in [0.15, 0.2) is 0 Å². The minimum atomic E-state index is 0.455. The van der Waals surface area contributed by atoms with Gasteiger partial charge in [0.2, 0.25) is 0 Å². The van der Waals surface area contributed by atoms with Crippen molar-refractivity contribution >= 4 is 0 Å². The predicted octanol–water partition coefficient (Wildman–Crippen LogP) is 2.11. The largest absolute Gasteiger partial charge is 0.370 e. The van der Waals surface area contributed by atoms with Crippen molar-refractivity contribution < 1.29 is 18.9 Å². The Bertz CT molecular complexity index is 291. The van der Waals surface area contributed by atoms with Gasteiger partial charge in [-0.05, 0) is 50.4 Å². The summed E-state index contributed by atoms with van der Waals surface area (Å²) in [6, 6.07) is 0. The Labute approximate surface area is 114 Å². The van der Waals surface area contributed by atoms with Gasteiger partial charge in [0.25, 0.3) is 0 Å². The first kappa shape index (κ1) is 12.6. The van der Waals surface area contributed by atoms with Crippen LogP contribution in [0.2, 0.25) is 0 Å². The Kier molecular flexibility index (Phi) is 3.52. The highest BCUT2D eigenvalue weighted by molar-refractivity contribution is 4.92. The first-order valence-corrected chi connectivity index (χ1v) is 7.85. The molecule has 4 aliphatic rings. The van der Waals surface area contributed by atoms with E-state index in [0.717, 1.165) is 13.2 Å². The molecule has 4 nitrogen and oxygen atoms in total. The topological polar surface area (TPSA) is 43.5 Å². The van der Waals surface area contributed by atoms with E-state index in [1.807, 2.05) is 0 Å². The molecule has 0 amide bonds. The summed E-state index contributed by atoms with van der Waals surface area (Å²) in [6.45, 7) is 2.13. The van der Waals surface area contributed by atoms with Crippen molar-refractivity contribution in [1.82, 2.24) is 0 Å². The summed E-state index contributed by atoms with van der Waals surface area (Å²) < 4.78 is 22.4. The molecule has 0 aromatic rings. The highest BCUT2D eigenvalue weighted by Crippen LogP contribution is 2.40. The fraction of sp³-hybridized carbons (Fsp3) is 1.00. The Morgan fingerprint density at radius 1 is 0.684 bits per heavy atom. The zero-order valence-electron chi connectivity index (χ0n) is 11.5. The van der Waals surface area contributed by atoms with Gasteiger partial charge in [0.05, 0.1) is 37.6 Å². The zero-order chi connectivity index (χ0) is 12.7. The van der Waals surface area contributed by atoms with Crippen LogP contribution in [-0.2, 0) is 18.9 Å². The third-order valence-electron chi connectivity index (χ3n) is 5.10. The average Bonchev–Trinajstić information content (AvgIpc) is 3.31. The number of ether oxygens (including phenoxy) is 4. The summed E-state index contributed by atoms with van der Waals surface area (Å²) in [7, 11) is 0. The molecule has 2 saturated heterocycles. The number of epoxide rings is 2. The number of rotatable bonds is 6. The third kappa shape index (κ3) is 3.13. The van der Waals surface area contributed by atoms with Crippen LogP contribution in [-0.4, -0.2) is 44.4 Å². The highest BCUT2D eigenvalue weighted by Gasteiger charge is 2.44. The molecular weight excluding hydrogens is 244 g/mol. The van der Waals surface area contributed by atoms with Gasteiger partial charge in [0, 0.05) is 0 Å². The van der Waals surface area contributed by atoms with Crippen molar-refractivity contribution in [2.75, 3.05) is 20.0 Å². The second-order valence-electron chi connectivity index (χ2n) is 6.64. The smallest absolute Gasteiger partial charge is 0.146 e. The van der Waals surface area contributed by atoms with E-state index in [0.29, 0.717) is 43.0 Å². The molecule has 0 bridgehead atoms. The molecule has 4 heteroatoms. The molecule has 0 aromatic carbocycles. The molecular formula is C15H24O4. The van der Waals surface area contributed by atoms with E-state index in [1.165, 1.54) is 38.5 Å². The molecule has 0 spiro atoms. The van der Waals surface area contributed by atoms with E-state index in [2.05, 4.69) is 0 Å². The maximum atomic E-state index is 5.66. The molecule has 2 saturated carbocycles. The third-order valence-corrected chi connectivity index (χ3v) is 5.10. The Hall–Kier alpha value is -0.160. The summed E-state index contributed by atoms with van der Waals surface area (Å²) in [5, 5.41) is 0. The molecule has 0 N–H and O–H groups in total. The molecule has 19 heavy (non-hydrogen) atoms. The molecule has 0 aromatic heterocycles. The van der Waals surface area contributed by atoms with Crippen LogP contribution in [0, 0.1) is 11.8 Å². The lowest BCUT2D eigenvalue weighted by atomic mass is 9.90. The van der Waals surface area contributed by atoms with Crippen molar-refractivity contribution in [2.24, 2.45) is 11.8 Å². The quantitative estimate of drug-likeness (QED) is 0.420. The first-order valence-electron chi connectivity index (χ1n) is 7.85. The summed E-state index contributed by atoms with van der Waals surface area (Å²) in [6.07, 6.45) is 9.62. The van der Waals surface area contributed by atoms with Gasteiger partial charge in [-0.15, -0.1) is 0 Å². The van der Waals surface area contributed by atoms with Crippen LogP contribution in [0.25, 0.3) is 0 Å². The van der Waals surface area contributed by atoms with Crippen LogP contribution in [0.4, 0.5) is 0 Å². The van der Waals surface area contributed by atoms with Gasteiger partial charge in [0.1, 0.15) is 6.79 Å². The summed E-state index contributed by atoms with van der Waals surface area (Å²) >= 11 is 0. The summed E-state index contributed by atoms with van der Waals surface area (Å²) in [4.78, 5) is 0. The lowest BCUT2D eigenvalue weighted by Crippen LogP contribution is -2.21. The minimum Gasteiger partial charge on any atom is -0.370 e. The molecule has 4 fully saturated rings. The molecule has 6 atom stereocenters. The average molecular weight is 268 g/mol. The number of hydrogen-bond acceptors (Lipinski definition) is 4. The lowest BCUT2D eigenvalue weighted by molar-refractivity contribution is -0.0782. The standard InChI is InChI=1S/C15H24O4/c1-3-12-14(18-12)5-10(1)7-16-9-17-8-11-2-4-13-15(6-11)19-13/h10-15H,1-9H2. The van der Waals surface area contributed by atoms with Gasteiger partial charge in [-0.2, -0.15) is 0 Å². The minimum absolute atomic E-state index is 0.455. The van der Waals surface area contributed by atoms with Crippen LogP contribution in [0.1, 0.15) is 38.5 Å². The maximum absolute atomic E-state index is 5.66. The van der Waals surface area contributed by atoms with E-state index in [-0.39, 0.29) is 0 Å². The number of hydrogen-bond donors (Lipinski definition) is 0. The highest BCUT2D eigenvalue weighted by atomic mass is 16.7. The molecule has 108 valence electrons. The fourth-order valence-corrected chi connectivity index (χ4v) is 3.76. The Balaban J connectivity index is 1.05. The summed E-state index contributed by atoms with van der Waals surface area (Å²) in [5.74, 6) is 1.37. The Morgan fingerprint density at radius 3 is 1.68 bits per heavy atom. The van der Waals surface area contributed by atoms with Crippen LogP contribution in [0.15, 0.2) is 0 Å². The van der Waals surface area contributed by atoms with Crippen LogP contribution < -0.4 is 0 Å². The molecule has 0 radical (unpaired) electrons. The predicted molar refractivity (Wildman–Crippen MR) is 68.8 cm³/mol. The molecule has 4 rings (SSSR count). The van der Waals surface area contributed by atoms with Gasteiger partial charge in [-0.1, -0.05) is 0 Å². The van der Waals surface area contributed by atoms with Gasteiger partial charge in [-0.25, -0.2) is 0 Å². The summed E-state index contributed by atoms with van der Waals surface area (Å²) in [5.41, 5.74) is 0. The Morgan fingerprint density at radius 2 is 1.21 bits per heavy atom. The van der Waals surface area contributed by atoms with Crippen LogP contribution in [0.3, 0.4) is 0 Å². The SMILES string of the molecule is C(OCC1CCC2OC2C1)OCC1CCC2OC2C1. The molecule has 2 heterocycles. The molecule has 2 aliphatic heterocycles. The van der Waals surface area contributed by atoms with E-state index >= 15 is 0 Å². The first-order chi connectivity index (χ1) is 9.38. The van der Waals surface area contributed by atoms with Gasteiger partial charge in [-0.3, -0.25) is 0 Å². The van der Waals surface area contributed by atoms with Gasteiger partial charge >= 0.3 is 0 Å². The van der Waals surface area contributed by atoms with Crippen molar-refractivity contribution in [3.8, 4) is 0 Å². The van der Waals surface area contributed by atoms with Crippen molar-refractivity contribution in [1.29, 1.82) is 0 Å². The second-order valence-corrected chi connectivity index (χ2v) is 6.64. The van der Waals surface area contributed by atoms with Crippen LogP contribution in [0.5, 0.6) is 0 Å². The van der Waals surface area contributed by atoms with Crippen molar-refractivity contribution in [3.05, 3.63) is 0 Å². The number of fused-ring (bicyclic) bond motifs is 2. The van der Waals surface area contributed by atoms with E-state index in [4.69, 9.17) is 18.9 Å². The van der Waals surface area contributed by atoms with E-state index < -0.39 is 0 Å². The maximum Gasteiger partial charge on any atom is 0.146 e. The lowest BCUT2D eigenvalue weighted by Gasteiger charge is -2.20.